The van der Waals surface area contributed by atoms with Gasteiger partial charge in [0.1, 0.15) is 0 Å². The van der Waals surface area contributed by atoms with Crippen molar-refractivity contribution in [2.45, 2.75) is 26.2 Å². The number of hydrogen-bond donors (Lipinski definition) is 1. The topological polar surface area (TPSA) is 52.7 Å². The van der Waals surface area contributed by atoms with Gasteiger partial charge in [-0.25, -0.2) is 0 Å². The third-order valence-corrected chi connectivity index (χ3v) is 5.11. The zero-order chi connectivity index (χ0) is 20.5. The molecule has 0 spiro atoms. The van der Waals surface area contributed by atoms with Crippen LogP contribution in [-0.4, -0.2) is 38.0 Å². The van der Waals surface area contributed by atoms with Gasteiger partial charge >= 0.3 is 0 Å². The summed E-state index contributed by atoms with van der Waals surface area (Å²) in [6.07, 6.45) is 5.80. The van der Waals surface area contributed by atoms with Gasteiger partial charge in [-0.3, -0.25) is 9.59 Å². The standard InChI is InChI=1S/C24H29N3O2/c1-2-26(21-8-4-3-5-9-21)18-7-17-25-23(28)16-13-20-11-14-22(15-12-20)27-19-6-10-24(27)29/h3-5,8-9,11-16H,2,6-7,10,17-19H2,1H3,(H,25,28). The first-order valence-corrected chi connectivity index (χ1v) is 10.3. The van der Waals surface area contributed by atoms with Crippen LogP contribution in [0.25, 0.3) is 6.08 Å². The van der Waals surface area contributed by atoms with Crippen molar-refractivity contribution in [3.63, 3.8) is 0 Å². The van der Waals surface area contributed by atoms with Crippen LogP contribution in [0.5, 0.6) is 0 Å². The van der Waals surface area contributed by atoms with E-state index in [0.29, 0.717) is 13.0 Å². The van der Waals surface area contributed by atoms with Gasteiger partial charge in [0.05, 0.1) is 0 Å². The molecule has 1 aliphatic heterocycles. The summed E-state index contributed by atoms with van der Waals surface area (Å²) in [5.41, 5.74) is 3.07. The minimum Gasteiger partial charge on any atom is -0.372 e. The first-order valence-electron chi connectivity index (χ1n) is 10.3. The largest absolute Gasteiger partial charge is 0.372 e. The van der Waals surface area contributed by atoms with Gasteiger partial charge in [0.2, 0.25) is 11.8 Å². The van der Waals surface area contributed by atoms with E-state index in [0.717, 1.165) is 43.7 Å². The second-order valence-corrected chi connectivity index (χ2v) is 7.13. The predicted octanol–water partition coefficient (Wildman–Crippen LogP) is 3.86. The van der Waals surface area contributed by atoms with Crippen molar-refractivity contribution >= 4 is 29.3 Å². The van der Waals surface area contributed by atoms with Crippen molar-refractivity contribution in [1.29, 1.82) is 0 Å². The molecule has 5 heteroatoms. The molecule has 0 radical (unpaired) electrons. The van der Waals surface area contributed by atoms with Crippen molar-refractivity contribution < 1.29 is 9.59 Å². The summed E-state index contributed by atoms with van der Waals surface area (Å²) in [5.74, 6) is 0.0909. The molecular formula is C24H29N3O2. The number of hydrogen-bond acceptors (Lipinski definition) is 3. The number of carbonyl (C=O) groups excluding carboxylic acids is 2. The highest BCUT2D eigenvalue weighted by atomic mass is 16.2. The number of nitrogens with one attached hydrogen (secondary N) is 1. The Balaban J connectivity index is 1.41. The third-order valence-electron chi connectivity index (χ3n) is 5.11. The number of amides is 2. The van der Waals surface area contributed by atoms with Gasteiger partial charge in [0.25, 0.3) is 0 Å². The molecule has 152 valence electrons. The summed E-state index contributed by atoms with van der Waals surface area (Å²) in [6.45, 7) is 5.41. The van der Waals surface area contributed by atoms with Gasteiger partial charge in [-0.2, -0.15) is 0 Å². The second-order valence-electron chi connectivity index (χ2n) is 7.13. The first-order chi connectivity index (χ1) is 14.2. The lowest BCUT2D eigenvalue weighted by molar-refractivity contribution is -0.117. The van der Waals surface area contributed by atoms with E-state index >= 15 is 0 Å². The number of carbonyl (C=O) groups is 2. The van der Waals surface area contributed by atoms with Crippen molar-refractivity contribution in [1.82, 2.24) is 5.32 Å². The maximum atomic E-state index is 12.1. The average Bonchev–Trinajstić information content (AvgIpc) is 3.19. The first kappa shape index (κ1) is 20.6. The molecule has 2 aromatic carbocycles. The van der Waals surface area contributed by atoms with Gasteiger partial charge < -0.3 is 15.1 Å². The zero-order valence-electron chi connectivity index (χ0n) is 17.0. The van der Waals surface area contributed by atoms with E-state index < -0.39 is 0 Å². The van der Waals surface area contributed by atoms with Crippen LogP contribution in [0.3, 0.4) is 0 Å². The molecule has 1 saturated heterocycles. The van der Waals surface area contributed by atoms with Crippen molar-refractivity contribution in [2.75, 3.05) is 36.0 Å². The highest BCUT2D eigenvalue weighted by molar-refractivity contribution is 5.95. The number of benzene rings is 2. The molecule has 1 aliphatic rings. The minimum absolute atomic E-state index is 0.0912. The lowest BCUT2D eigenvalue weighted by Gasteiger charge is -2.23. The summed E-state index contributed by atoms with van der Waals surface area (Å²) in [4.78, 5) is 28.0. The molecule has 2 aromatic rings. The highest BCUT2D eigenvalue weighted by Gasteiger charge is 2.21. The summed E-state index contributed by atoms with van der Waals surface area (Å²) in [7, 11) is 0. The van der Waals surface area contributed by atoms with Crippen LogP contribution >= 0.6 is 0 Å². The van der Waals surface area contributed by atoms with Crippen LogP contribution in [0.1, 0.15) is 31.7 Å². The lowest BCUT2D eigenvalue weighted by Crippen LogP contribution is -2.29. The number of para-hydroxylation sites is 1. The van der Waals surface area contributed by atoms with Gasteiger partial charge in [0, 0.05) is 50.1 Å². The quantitative estimate of drug-likeness (QED) is 0.522. The van der Waals surface area contributed by atoms with Crippen molar-refractivity contribution in [3.05, 3.63) is 66.2 Å². The van der Waals surface area contributed by atoms with Crippen LogP contribution in [0.2, 0.25) is 0 Å². The average molecular weight is 392 g/mol. The van der Waals surface area contributed by atoms with E-state index in [4.69, 9.17) is 0 Å². The van der Waals surface area contributed by atoms with Gasteiger partial charge in [-0.05, 0) is 55.7 Å². The molecule has 0 atom stereocenters. The van der Waals surface area contributed by atoms with Crippen LogP contribution in [-0.2, 0) is 9.59 Å². The van der Waals surface area contributed by atoms with Crippen molar-refractivity contribution in [3.8, 4) is 0 Å². The Morgan fingerprint density at radius 1 is 1.14 bits per heavy atom. The molecule has 0 aliphatic carbocycles. The molecule has 0 aromatic heterocycles. The summed E-state index contributed by atoms with van der Waals surface area (Å²) >= 11 is 0. The Bertz CT molecular complexity index is 831. The normalized spacial score (nSPS) is 13.8. The third kappa shape index (κ3) is 5.95. The van der Waals surface area contributed by atoms with Gasteiger partial charge in [0.15, 0.2) is 0 Å². The maximum absolute atomic E-state index is 12.1. The maximum Gasteiger partial charge on any atom is 0.244 e. The van der Waals surface area contributed by atoms with Crippen LogP contribution in [0, 0.1) is 0 Å². The summed E-state index contributed by atoms with van der Waals surface area (Å²) in [6, 6.07) is 18.1. The highest BCUT2D eigenvalue weighted by Crippen LogP contribution is 2.21. The van der Waals surface area contributed by atoms with Crippen LogP contribution < -0.4 is 15.1 Å². The Labute approximate surface area is 173 Å². The Morgan fingerprint density at radius 2 is 1.90 bits per heavy atom. The van der Waals surface area contributed by atoms with Crippen LogP contribution in [0.15, 0.2) is 60.7 Å². The molecular weight excluding hydrogens is 362 g/mol. The van der Waals surface area contributed by atoms with Crippen LogP contribution in [0.4, 0.5) is 11.4 Å². The fourth-order valence-corrected chi connectivity index (χ4v) is 3.51. The summed E-state index contributed by atoms with van der Waals surface area (Å²) < 4.78 is 0. The second kappa shape index (κ2) is 10.5. The van der Waals surface area contributed by atoms with Gasteiger partial charge in [-0.1, -0.05) is 30.3 Å². The monoisotopic (exact) mass is 391 g/mol. The van der Waals surface area contributed by atoms with E-state index in [9.17, 15) is 9.59 Å². The number of anilines is 2. The molecule has 3 rings (SSSR count). The fraction of sp³-hybridized carbons (Fsp3) is 0.333. The van der Waals surface area contributed by atoms with E-state index in [1.807, 2.05) is 47.4 Å². The molecule has 1 N–H and O–H groups in total. The smallest absolute Gasteiger partial charge is 0.244 e. The Morgan fingerprint density at radius 3 is 2.55 bits per heavy atom. The SMILES string of the molecule is CCN(CCCNC(=O)C=Cc1ccc(N2CCCC2=O)cc1)c1ccccc1. The molecule has 0 unspecified atom stereocenters. The summed E-state index contributed by atoms with van der Waals surface area (Å²) in [5, 5.41) is 2.94. The minimum atomic E-state index is -0.0912. The molecule has 2 amide bonds. The zero-order valence-corrected chi connectivity index (χ0v) is 17.0. The number of nitrogens with zero attached hydrogens (tertiary/aromatic N) is 2. The molecule has 29 heavy (non-hydrogen) atoms. The molecule has 5 nitrogen and oxygen atoms in total. The number of rotatable bonds is 9. The van der Waals surface area contributed by atoms with Crippen molar-refractivity contribution in [2.24, 2.45) is 0 Å². The van der Waals surface area contributed by atoms with E-state index in [1.54, 1.807) is 12.2 Å². The Kier molecular flexibility index (Phi) is 7.45. The van der Waals surface area contributed by atoms with E-state index in [1.165, 1.54) is 5.69 Å². The van der Waals surface area contributed by atoms with E-state index in [-0.39, 0.29) is 11.8 Å². The molecule has 0 bridgehead atoms. The van der Waals surface area contributed by atoms with E-state index in [2.05, 4.69) is 29.3 Å². The Hall–Kier alpha value is -3.08. The molecule has 1 heterocycles. The lowest BCUT2D eigenvalue weighted by atomic mass is 10.2. The molecule has 0 saturated carbocycles. The van der Waals surface area contributed by atoms with Gasteiger partial charge in [-0.15, -0.1) is 0 Å². The molecule has 1 fully saturated rings. The predicted molar refractivity (Wildman–Crippen MR) is 119 cm³/mol. The fourth-order valence-electron chi connectivity index (χ4n) is 3.51.